The van der Waals surface area contributed by atoms with Crippen LogP contribution in [0.4, 0.5) is 4.79 Å². The number of rotatable bonds is 7. The Morgan fingerprint density at radius 1 is 1.11 bits per heavy atom. The predicted molar refractivity (Wildman–Crippen MR) is 135 cm³/mol. The van der Waals surface area contributed by atoms with Crippen LogP contribution in [0.15, 0.2) is 18.2 Å². The molecule has 10 heteroatoms. The van der Waals surface area contributed by atoms with Gasteiger partial charge in [-0.3, -0.25) is 14.5 Å². The van der Waals surface area contributed by atoms with Crippen LogP contribution in [0.1, 0.15) is 38.2 Å². The van der Waals surface area contributed by atoms with E-state index in [1.807, 2.05) is 17.9 Å². The van der Waals surface area contributed by atoms with Gasteiger partial charge in [-0.25, -0.2) is 4.79 Å². The number of hydrogen-bond donors (Lipinski definition) is 1. The van der Waals surface area contributed by atoms with Gasteiger partial charge in [0.05, 0.1) is 12.5 Å². The summed E-state index contributed by atoms with van der Waals surface area (Å²) in [5, 5.41) is 3.82. The number of benzene rings is 1. The van der Waals surface area contributed by atoms with Crippen molar-refractivity contribution in [2.75, 3.05) is 45.9 Å². The lowest BCUT2D eigenvalue weighted by atomic mass is 9.83. The molecule has 4 rings (SSSR count). The van der Waals surface area contributed by atoms with Crippen molar-refractivity contribution in [1.82, 2.24) is 20.0 Å². The molecule has 3 amide bonds. The molecule has 0 bridgehead atoms. The molecular weight excluding hydrogens is 491 g/mol. The second-order valence-corrected chi connectivity index (χ2v) is 10.3. The van der Waals surface area contributed by atoms with E-state index in [4.69, 9.17) is 27.9 Å². The summed E-state index contributed by atoms with van der Waals surface area (Å²) in [6, 6.07) is 4.52. The second kappa shape index (κ2) is 11.8. The van der Waals surface area contributed by atoms with E-state index in [1.54, 1.807) is 17.0 Å². The normalized spacial score (nSPS) is 24.3. The van der Waals surface area contributed by atoms with Crippen molar-refractivity contribution in [3.63, 3.8) is 0 Å². The van der Waals surface area contributed by atoms with Crippen molar-refractivity contribution < 1.29 is 19.1 Å². The van der Waals surface area contributed by atoms with Gasteiger partial charge in [-0.1, -0.05) is 42.1 Å². The molecule has 1 aromatic carbocycles. The number of halogens is 2. The third kappa shape index (κ3) is 6.04. The van der Waals surface area contributed by atoms with Gasteiger partial charge in [0.2, 0.25) is 5.91 Å². The Hall–Kier alpha value is -2.03. The van der Waals surface area contributed by atoms with E-state index in [9.17, 15) is 14.4 Å². The maximum absolute atomic E-state index is 13.7. The van der Waals surface area contributed by atoms with Crippen LogP contribution in [0.2, 0.25) is 10.0 Å². The van der Waals surface area contributed by atoms with Crippen molar-refractivity contribution in [3.8, 4) is 0 Å². The van der Waals surface area contributed by atoms with E-state index in [-0.39, 0.29) is 29.9 Å². The number of carbonyl (C=O) groups is 3. The Bertz CT molecular complexity index is 938. The lowest BCUT2D eigenvalue weighted by Gasteiger charge is -2.44. The lowest BCUT2D eigenvalue weighted by molar-refractivity contribution is -0.153. The third-order valence-electron chi connectivity index (χ3n) is 7.39. The average molecular weight is 525 g/mol. The highest BCUT2D eigenvalue weighted by atomic mass is 35.5. The number of hydrogen-bond acceptors (Lipinski definition) is 5. The molecule has 2 aliphatic heterocycles. The molecule has 0 radical (unpaired) electrons. The molecule has 3 fully saturated rings. The standard InChI is InChI=1S/C25H34Cl2N4O4/c1-2-35-24(33)19-5-3-4-6-21(19)29-11-13-30(14-12-29)23(32)22(31-10-9-28-25(31)34)15-17-7-8-18(26)16-20(17)27/h7-8,16,19,21-22H,2-6,9-15H2,1H3,(H,28,34)/t19-,21-,22-/m1/s1. The van der Waals surface area contributed by atoms with E-state index in [0.29, 0.717) is 62.3 Å². The Balaban J connectivity index is 1.44. The van der Waals surface area contributed by atoms with Crippen molar-refractivity contribution in [3.05, 3.63) is 33.8 Å². The minimum Gasteiger partial charge on any atom is -0.466 e. The number of carbonyl (C=O) groups excluding carboxylic acids is 3. The molecular formula is C25H34Cl2N4O4. The zero-order valence-corrected chi connectivity index (χ0v) is 21.7. The van der Waals surface area contributed by atoms with E-state index in [2.05, 4.69) is 10.2 Å². The topological polar surface area (TPSA) is 82.2 Å². The van der Waals surface area contributed by atoms with Gasteiger partial charge in [-0.2, -0.15) is 0 Å². The smallest absolute Gasteiger partial charge is 0.318 e. The molecule has 2 heterocycles. The Morgan fingerprint density at radius 3 is 2.51 bits per heavy atom. The fourth-order valence-electron chi connectivity index (χ4n) is 5.57. The first kappa shape index (κ1) is 26.0. The molecule has 1 aliphatic carbocycles. The van der Waals surface area contributed by atoms with Crippen LogP contribution in [0.5, 0.6) is 0 Å². The molecule has 35 heavy (non-hydrogen) atoms. The Labute approximate surface area is 216 Å². The zero-order chi connectivity index (χ0) is 24.9. The van der Waals surface area contributed by atoms with Crippen LogP contribution >= 0.6 is 23.2 Å². The summed E-state index contributed by atoms with van der Waals surface area (Å²) in [5.74, 6) is -0.270. The summed E-state index contributed by atoms with van der Waals surface area (Å²) in [5.41, 5.74) is 0.784. The number of nitrogens with one attached hydrogen (secondary N) is 1. The fraction of sp³-hybridized carbons (Fsp3) is 0.640. The van der Waals surface area contributed by atoms with Crippen LogP contribution in [-0.2, 0) is 20.7 Å². The van der Waals surface area contributed by atoms with Crippen LogP contribution in [0, 0.1) is 5.92 Å². The first-order chi connectivity index (χ1) is 16.9. The summed E-state index contributed by atoms with van der Waals surface area (Å²) >= 11 is 12.4. The number of amides is 3. The number of piperazine rings is 1. The van der Waals surface area contributed by atoms with Crippen LogP contribution in [-0.4, -0.2) is 90.6 Å². The van der Waals surface area contributed by atoms with Crippen molar-refractivity contribution in [2.45, 2.75) is 51.1 Å². The Morgan fingerprint density at radius 2 is 1.86 bits per heavy atom. The quantitative estimate of drug-likeness (QED) is 0.553. The molecule has 2 saturated heterocycles. The SMILES string of the molecule is CCOC(=O)[C@@H]1CCCC[C@H]1N1CCN(C(=O)[C@@H](Cc2ccc(Cl)cc2Cl)N2CCNC2=O)CC1. The second-order valence-electron chi connectivity index (χ2n) is 9.45. The van der Waals surface area contributed by atoms with Crippen LogP contribution in [0.25, 0.3) is 0 Å². The molecule has 3 aliphatic rings. The summed E-state index contributed by atoms with van der Waals surface area (Å²) < 4.78 is 5.34. The van der Waals surface area contributed by atoms with E-state index < -0.39 is 6.04 Å². The molecule has 1 N–H and O–H groups in total. The fourth-order valence-corrected chi connectivity index (χ4v) is 6.05. The number of ether oxygens (including phenoxy) is 1. The van der Waals surface area contributed by atoms with Gasteiger partial charge >= 0.3 is 12.0 Å². The van der Waals surface area contributed by atoms with E-state index in [0.717, 1.165) is 31.2 Å². The molecule has 192 valence electrons. The van der Waals surface area contributed by atoms with Gasteiger partial charge < -0.3 is 19.9 Å². The summed E-state index contributed by atoms with van der Waals surface area (Å²) in [6.07, 6.45) is 4.31. The molecule has 0 aromatic heterocycles. The minimum absolute atomic E-state index is 0.0710. The molecule has 1 saturated carbocycles. The monoisotopic (exact) mass is 524 g/mol. The van der Waals surface area contributed by atoms with E-state index in [1.165, 1.54) is 0 Å². The van der Waals surface area contributed by atoms with E-state index >= 15 is 0 Å². The Kier molecular flexibility index (Phi) is 8.78. The van der Waals surface area contributed by atoms with Gasteiger partial charge in [0.25, 0.3) is 0 Å². The number of esters is 1. The summed E-state index contributed by atoms with van der Waals surface area (Å²) in [6.45, 7) is 5.75. The van der Waals surface area contributed by atoms with Gasteiger partial charge in [-0.15, -0.1) is 0 Å². The molecule has 1 aromatic rings. The first-order valence-corrected chi connectivity index (χ1v) is 13.3. The third-order valence-corrected chi connectivity index (χ3v) is 7.98. The highest BCUT2D eigenvalue weighted by molar-refractivity contribution is 6.35. The average Bonchev–Trinajstić information content (AvgIpc) is 3.29. The maximum Gasteiger partial charge on any atom is 0.318 e. The van der Waals surface area contributed by atoms with Gasteiger partial charge in [-0.05, 0) is 37.5 Å². The van der Waals surface area contributed by atoms with Crippen molar-refractivity contribution >= 4 is 41.1 Å². The highest BCUT2D eigenvalue weighted by Gasteiger charge is 2.40. The van der Waals surface area contributed by atoms with Gasteiger partial charge in [0, 0.05) is 61.8 Å². The maximum atomic E-state index is 13.7. The van der Waals surface area contributed by atoms with Crippen molar-refractivity contribution in [1.29, 1.82) is 0 Å². The molecule has 0 unspecified atom stereocenters. The predicted octanol–water partition coefficient (Wildman–Crippen LogP) is 3.20. The summed E-state index contributed by atoms with van der Waals surface area (Å²) in [4.78, 5) is 44.5. The molecule has 8 nitrogen and oxygen atoms in total. The van der Waals surface area contributed by atoms with Gasteiger partial charge in [0.1, 0.15) is 6.04 Å². The zero-order valence-electron chi connectivity index (χ0n) is 20.2. The minimum atomic E-state index is -0.635. The molecule has 0 spiro atoms. The molecule has 3 atom stereocenters. The largest absolute Gasteiger partial charge is 0.466 e. The number of urea groups is 1. The van der Waals surface area contributed by atoms with Crippen LogP contribution < -0.4 is 5.32 Å². The summed E-state index contributed by atoms with van der Waals surface area (Å²) in [7, 11) is 0. The van der Waals surface area contributed by atoms with Crippen LogP contribution in [0.3, 0.4) is 0 Å². The first-order valence-electron chi connectivity index (χ1n) is 12.6. The highest BCUT2D eigenvalue weighted by Crippen LogP contribution is 2.31. The van der Waals surface area contributed by atoms with Gasteiger partial charge in [0.15, 0.2) is 0 Å². The lowest BCUT2D eigenvalue weighted by Crippen LogP contribution is -2.59. The van der Waals surface area contributed by atoms with Crippen molar-refractivity contribution in [2.24, 2.45) is 5.92 Å². The number of nitrogens with zero attached hydrogens (tertiary/aromatic N) is 3.